The number of anilines is 1. The molecule has 1 N–H and O–H groups in total. The summed E-state index contributed by atoms with van der Waals surface area (Å²) in [5.74, 6) is -0.278. The molecule has 6 heteroatoms. The first-order valence-corrected chi connectivity index (χ1v) is 10.6. The van der Waals surface area contributed by atoms with Crippen LogP contribution < -0.4 is 5.32 Å². The van der Waals surface area contributed by atoms with Crippen LogP contribution in [0.1, 0.15) is 50.7 Å². The molecule has 1 saturated carbocycles. The molecule has 1 saturated heterocycles. The summed E-state index contributed by atoms with van der Waals surface area (Å²) in [7, 11) is 0. The van der Waals surface area contributed by atoms with Gasteiger partial charge >= 0.3 is 5.97 Å². The summed E-state index contributed by atoms with van der Waals surface area (Å²) in [6.07, 6.45) is 3.49. The molecule has 1 aromatic carbocycles. The minimum Gasteiger partial charge on any atom is -0.455 e. The van der Waals surface area contributed by atoms with E-state index < -0.39 is 11.9 Å². The first kappa shape index (κ1) is 21.3. The molecule has 6 nitrogen and oxygen atoms in total. The molecule has 4 atom stereocenters. The Balaban J connectivity index is 1.51. The Kier molecular flexibility index (Phi) is 6.60. The molecule has 3 rings (SSSR count). The van der Waals surface area contributed by atoms with E-state index in [-0.39, 0.29) is 30.9 Å². The van der Waals surface area contributed by atoms with Crippen molar-refractivity contribution in [3.8, 4) is 0 Å². The van der Waals surface area contributed by atoms with Crippen LogP contribution in [0, 0.1) is 31.6 Å². The quantitative estimate of drug-likeness (QED) is 0.768. The lowest BCUT2D eigenvalue weighted by atomic mass is 9.77. The molecule has 0 spiro atoms. The zero-order valence-corrected chi connectivity index (χ0v) is 17.9. The summed E-state index contributed by atoms with van der Waals surface area (Å²) < 4.78 is 5.23. The van der Waals surface area contributed by atoms with Gasteiger partial charge in [0.1, 0.15) is 0 Å². The first-order valence-electron chi connectivity index (χ1n) is 10.6. The maximum Gasteiger partial charge on any atom is 0.311 e. The van der Waals surface area contributed by atoms with Gasteiger partial charge in [0.2, 0.25) is 5.91 Å². The molecule has 1 aromatic rings. The standard InChI is InChI=1S/C23H32N2O4/c1-14-8-9-19(16(3)10-14)24-21(26)13-29-23(28)18-11-22(27)25(12-18)20-7-5-6-15(2)17(20)4/h8-10,15,17-18,20H,5-7,11-13H2,1-4H3,(H,24,26)/t15-,17-,18-,20+/m0/s1. The monoisotopic (exact) mass is 400 g/mol. The largest absolute Gasteiger partial charge is 0.455 e. The van der Waals surface area contributed by atoms with E-state index in [1.165, 1.54) is 6.42 Å². The Hall–Kier alpha value is -2.37. The second kappa shape index (κ2) is 8.97. The van der Waals surface area contributed by atoms with Gasteiger partial charge in [-0.3, -0.25) is 14.4 Å². The van der Waals surface area contributed by atoms with Crippen LogP contribution in [-0.2, 0) is 19.1 Å². The van der Waals surface area contributed by atoms with Crippen molar-refractivity contribution < 1.29 is 19.1 Å². The van der Waals surface area contributed by atoms with E-state index in [9.17, 15) is 14.4 Å². The van der Waals surface area contributed by atoms with Gasteiger partial charge in [-0.1, -0.05) is 44.4 Å². The number of rotatable bonds is 5. The molecule has 0 radical (unpaired) electrons. The van der Waals surface area contributed by atoms with Crippen molar-refractivity contribution in [2.45, 2.75) is 59.4 Å². The van der Waals surface area contributed by atoms with Crippen molar-refractivity contribution in [2.75, 3.05) is 18.5 Å². The number of esters is 1. The second-order valence-corrected chi connectivity index (χ2v) is 8.76. The van der Waals surface area contributed by atoms with Gasteiger partial charge in [-0.25, -0.2) is 0 Å². The Morgan fingerprint density at radius 3 is 2.69 bits per heavy atom. The van der Waals surface area contributed by atoms with Gasteiger partial charge < -0.3 is 15.0 Å². The molecule has 158 valence electrons. The summed E-state index contributed by atoms with van der Waals surface area (Å²) in [5.41, 5.74) is 2.78. The summed E-state index contributed by atoms with van der Waals surface area (Å²) in [6.45, 7) is 8.40. The predicted molar refractivity (Wildman–Crippen MR) is 111 cm³/mol. The van der Waals surface area contributed by atoms with Crippen LogP contribution in [0.2, 0.25) is 0 Å². The van der Waals surface area contributed by atoms with Crippen LogP contribution in [0.15, 0.2) is 18.2 Å². The van der Waals surface area contributed by atoms with Crippen LogP contribution in [0.5, 0.6) is 0 Å². The molecule has 0 unspecified atom stereocenters. The van der Waals surface area contributed by atoms with Crippen molar-refractivity contribution in [3.05, 3.63) is 29.3 Å². The molecule has 2 aliphatic rings. The molecule has 1 aliphatic heterocycles. The fourth-order valence-corrected chi connectivity index (χ4v) is 4.60. The van der Waals surface area contributed by atoms with Crippen LogP contribution in [0.25, 0.3) is 0 Å². The lowest BCUT2D eigenvalue weighted by Crippen LogP contribution is -2.45. The number of nitrogens with zero attached hydrogens (tertiary/aromatic N) is 1. The van der Waals surface area contributed by atoms with Gasteiger partial charge in [0.05, 0.1) is 5.92 Å². The number of aryl methyl sites for hydroxylation is 2. The van der Waals surface area contributed by atoms with Gasteiger partial charge in [-0.2, -0.15) is 0 Å². The van der Waals surface area contributed by atoms with E-state index in [0.29, 0.717) is 24.1 Å². The summed E-state index contributed by atoms with van der Waals surface area (Å²) in [5, 5.41) is 2.77. The highest BCUT2D eigenvalue weighted by atomic mass is 16.5. The fourth-order valence-electron chi connectivity index (χ4n) is 4.60. The van der Waals surface area contributed by atoms with E-state index in [1.807, 2.05) is 36.9 Å². The van der Waals surface area contributed by atoms with Crippen LogP contribution in [-0.4, -0.2) is 41.9 Å². The third-order valence-electron chi connectivity index (χ3n) is 6.56. The Morgan fingerprint density at radius 1 is 1.21 bits per heavy atom. The van der Waals surface area contributed by atoms with E-state index in [2.05, 4.69) is 19.2 Å². The van der Waals surface area contributed by atoms with Crippen LogP contribution in [0.3, 0.4) is 0 Å². The summed E-state index contributed by atoms with van der Waals surface area (Å²) in [4.78, 5) is 39.0. The zero-order valence-electron chi connectivity index (χ0n) is 17.9. The molecule has 29 heavy (non-hydrogen) atoms. The third-order valence-corrected chi connectivity index (χ3v) is 6.56. The van der Waals surface area contributed by atoms with Crippen LogP contribution >= 0.6 is 0 Å². The van der Waals surface area contributed by atoms with Gasteiger partial charge in [0.15, 0.2) is 6.61 Å². The van der Waals surface area contributed by atoms with Crippen molar-refractivity contribution in [1.29, 1.82) is 0 Å². The SMILES string of the molecule is Cc1ccc(NC(=O)COC(=O)[C@H]2CC(=O)N([C@@H]3CCC[C@H](C)[C@@H]3C)C2)c(C)c1. The number of likely N-dealkylation sites (tertiary alicyclic amines) is 1. The minimum atomic E-state index is -0.485. The highest BCUT2D eigenvalue weighted by Crippen LogP contribution is 2.35. The number of carbonyl (C=O) groups is 3. The lowest BCUT2D eigenvalue weighted by Gasteiger charge is -2.39. The second-order valence-electron chi connectivity index (χ2n) is 8.76. The van der Waals surface area contributed by atoms with Crippen LogP contribution in [0.4, 0.5) is 5.69 Å². The number of hydrogen-bond donors (Lipinski definition) is 1. The summed E-state index contributed by atoms with van der Waals surface area (Å²) in [6, 6.07) is 5.94. The maximum atomic E-state index is 12.5. The smallest absolute Gasteiger partial charge is 0.311 e. The number of carbonyl (C=O) groups excluding carboxylic acids is 3. The Bertz CT molecular complexity index is 791. The van der Waals surface area contributed by atoms with Crippen molar-refractivity contribution in [2.24, 2.45) is 17.8 Å². The maximum absolute atomic E-state index is 12.5. The molecule has 2 amide bonds. The van der Waals surface area contributed by atoms with Crippen molar-refractivity contribution in [3.63, 3.8) is 0 Å². The molecule has 0 bridgehead atoms. The van der Waals surface area contributed by atoms with Gasteiger partial charge in [-0.15, -0.1) is 0 Å². The predicted octanol–water partition coefficient (Wildman–Crippen LogP) is 3.46. The van der Waals surface area contributed by atoms with E-state index in [0.717, 1.165) is 24.0 Å². The molecule has 2 fully saturated rings. The van der Waals surface area contributed by atoms with Gasteiger partial charge in [0.25, 0.3) is 5.91 Å². The number of hydrogen-bond acceptors (Lipinski definition) is 4. The Morgan fingerprint density at radius 2 is 1.97 bits per heavy atom. The van der Waals surface area contributed by atoms with Gasteiger partial charge in [-0.05, 0) is 43.7 Å². The molecule has 0 aromatic heterocycles. The highest BCUT2D eigenvalue weighted by molar-refractivity contribution is 5.94. The minimum absolute atomic E-state index is 0.0256. The number of nitrogens with one attached hydrogen (secondary N) is 1. The summed E-state index contributed by atoms with van der Waals surface area (Å²) >= 11 is 0. The average Bonchev–Trinajstić information content (AvgIpc) is 3.06. The fraction of sp³-hybridized carbons (Fsp3) is 0.609. The molecular formula is C23H32N2O4. The topological polar surface area (TPSA) is 75.7 Å². The van der Waals surface area contributed by atoms with Crippen molar-refractivity contribution in [1.82, 2.24) is 4.90 Å². The van der Waals surface area contributed by atoms with E-state index >= 15 is 0 Å². The first-order chi connectivity index (χ1) is 13.8. The molecule has 1 aliphatic carbocycles. The molecular weight excluding hydrogens is 368 g/mol. The normalized spacial score (nSPS) is 27.0. The van der Waals surface area contributed by atoms with E-state index in [1.54, 1.807) is 0 Å². The highest BCUT2D eigenvalue weighted by Gasteiger charge is 2.42. The van der Waals surface area contributed by atoms with Gasteiger partial charge in [0, 0.05) is 24.7 Å². The lowest BCUT2D eigenvalue weighted by molar-refractivity contribution is -0.151. The van der Waals surface area contributed by atoms with E-state index in [4.69, 9.17) is 4.74 Å². The number of amides is 2. The third kappa shape index (κ3) is 4.98. The zero-order chi connectivity index (χ0) is 21.1. The molecule has 1 heterocycles. The Labute approximate surface area is 173 Å². The van der Waals surface area contributed by atoms with Crippen molar-refractivity contribution >= 4 is 23.5 Å². The number of ether oxygens (including phenoxy) is 1. The average molecular weight is 401 g/mol. The number of benzene rings is 1.